The van der Waals surface area contributed by atoms with E-state index in [0.717, 1.165) is 36.6 Å². The first-order valence-corrected chi connectivity index (χ1v) is 10.6. The van der Waals surface area contributed by atoms with Crippen molar-refractivity contribution in [1.82, 2.24) is 0 Å². The highest BCUT2D eigenvalue weighted by Crippen LogP contribution is 2.36. The quantitative estimate of drug-likeness (QED) is 0.259. The maximum Gasteiger partial charge on any atom is 0.347 e. The third kappa shape index (κ3) is 3.04. The Morgan fingerprint density at radius 3 is 2.61 bits per heavy atom. The number of thiophene rings is 1. The first kappa shape index (κ1) is 17.3. The zero-order chi connectivity index (χ0) is 18.9. The zero-order valence-corrected chi connectivity index (χ0v) is 16.7. The number of oxazole rings is 1. The number of benzene rings is 3. The molecule has 0 radical (unpaired) electrons. The number of aromatic nitrogens is 1. The van der Waals surface area contributed by atoms with Gasteiger partial charge in [-0.05, 0) is 18.2 Å². The standard InChI is InChI=1S/C24H22NO2S/c1-2-24-25(13-8-14-26-17-9-4-3-5-10-17)20-15-19-18-11-6-7-12-22(18)28-23(19)16-21(20)27-24/h3-7,9-12,15-16H,2,8,13-14H2,1H3/q+1. The summed E-state index contributed by atoms with van der Waals surface area (Å²) in [5, 5.41) is 2.63. The number of fused-ring (bicyclic) bond motifs is 4. The molecule has 0 aliphatic heterocycles. The fourth-order valence-corrected chi connectivity index (χ4v) is 4.90. The lowest BCUT2D eigenvalue weighted by Crippen LogP contribution is -2.37. The minimum atomic E-state index is 0.691. The highest BCUT2D eigenvalue weighted by molar-refractivity contribution is 7.25. The Morgan fingerprint density at radius 2 is 1.75 bits per heavy atom. The van der Waals surface area contributed by atoms with Crippen LogP contribution in [0.15, 0.2) is 71.1 Å². The summed E-state index contributed by atoms with van der Waals surface area (Å²) in [6.45, 7) is 3.72. The van der Waals surface area contributed by atoms with Crippen molar-refractivity contribution in [2.24, 2.45) is 0 Å². The van der Waals surface area contributed by atoms with E-state index in [4.69, 9.17) is 9.15 Å². The van der Waals surface area contributed by atoms with Gasteiger partial charge in [-0.3, -0.25) is 0 Å². The summed E-state index contributed by atoms with van der Waals surface area (Å²) < 4.78 is 17.0. The maximum absolute atomic E-state index is 6.20. The SMILES string of the molecule is CCc1oc2cc3sc4ccccc4c3cc2[n+]1CCCOc1ccccc1. The Balaban J connectivity index is 1.47. The summed E-state index contributed by atoms with van der Waals surface area (Å²) in [6.07, 6.45) is 1.81. The van der Waals surface area contributed by atoms with Crippen LogP contribution in [0.4, 0.5) is 0 Å². The molecule has 0 spiro atoms. The van der Waals surface area contributed by atoms with Crippen LogP contribution in [-0.2, 0) is 13.0 Å². The summed E-state index contributed by atoms with van der Waals surface area (Å²) >= 11 is 1.83. The summed E-state index contributed by atoms with van der Waals surface area (Å²) in [4.78, 5) is 0. The fourth-order valence-electron chi connectivity index (χ4n) is 3.79. The molecule has 2 heterocycles. The van der Waals surface area contributed by atoms with Crippen molar-refractivity contribution in [3.8, 4) is 5.75 Å². The summed E-state index contributed by atoms with van der Waals surface area (Å²) in [5.41, 5.74) is 2.15. The number of ether oxygens (including phenoxy) is 1. The van der Waals surface area contributed by atoms with E-state index in [9.17, 15) is 0 Å². The normalized spacial score (nSPS) is 11.6. The van der Waals surface area contributed by atoms with Crippen LogP contribution in [0.3, 0.4) is 0 Å². The Bertz CT molecular complexity index is 1250. The number of hydrogen-bond donors (Lipinski definition) is 0. The summed E-state index contributed by atoms with van der Waals surface area (Å²) in [6, 6.07) is 23.1. The van der Waals surface area contributed by atoms with Gasteiger partial charge in [0.1, 0.15) is 5.75 Å². The van der Waals surface area contributed by atoms with Gasteiger partial charge in [-0.1, -0.05) is 43.3 Å². The molecular formula is C24H22NO2S+. The van der Waals surface area contributed by atoms with Crippen LogP contribution in [0.5, 0.6) is 5.75 Å². The first-order valence-electron chi connectivity index (χ1n) is 9.78. The molecule has 0 bridgehead atoms. The molecule has 3 aromatic carbocycles. The molecule has 4 heteroatoms. The van der Waals surface area contributed by atoms with Gasteiger partial charge in [0.15, 0.2) is 6.54 Å². The number of para-hydroxylation sites is 1. The minimum absolute atomic E-state index is 0.691. The molecule has 3 nitrogen and oxygen atoms in total. The summed E-state index contributed by atoms with van der Waals surface area (Å²) in [5.74, 6) is 1.95. The highest BCUT2D eigenvalue weighted by atomic mass is 32.1. The summed E-state index contributed by atoms with van der Waals surface area (Å²) in [7, 11) is 0. The molecule has 0 saturated heterocycles. The molecule has 140 valence electrons. The van der Waals surface area contributed by atoms with Gasteiger partial charge in [0.2, 0.25) is 5.58 Å². The second-order valence-corrected chi connectivity index (χ2v) is 8.01. The maximum atomic E-state index is 6.20. The molecule has 0 atom stereocenters. The van der Waals surface area contributed by atoms with Gasteiger partial charge in [-0.2, -0.15) is 4.57 Å². The predicted octanol–water partition coefficient (Wildman–Crippen LogP) is 6.12. The van der Waals surface area contributed by atoms with E-state index in [1.54, 1.807) is 0 Å². The lowest BCUT2D eigenvalue weighted by molar-refractivity contribution is -0.684. The van der Waals surface area contributed by atoms with Gasteiger partial charge in [0.05, 0.1) is 13.0 Å². The van der Waals surface area contributed by atoms with E-state index in [0.29, 0.717) is 6.61 Å². The minimum Gasteiger partial charge on any atom is -0.493 e. The molecule has 0 unspecified atom stereocenters. The van der Waals surface area contributed by atoms with Gasteiger partial charge in [-0.15, -0.1) is 11.3 Å². The molecule has 0 N–H and O–H groups in total. The Labute approximate surface area is 167 Å². The average Bonchev–Trinajstić information content (AvgIpc) is 3.27. The van der Waals surface area contributed by atoms with Crippen molar-refractivity contribution in [2.75, 3.05) is 6.61 Å². The zero-order valence-electron chi connectivity index (χ0n) is 15.9. The topological polar surface area (TPSA) is 26.2 Å². The van der Waals surface area contributed by atoms with Gasteiger partial charge in [-0.25, -0.2) is 0 Å². The van der Waals surface area contributed by atoms with Gasteiger partial charge >= 0.3 is 5.89 Å². The van der Waals surface area contributed by atoms with Crippen LogP contribution >= 0.6 is 11.3 Å². The van der Waals surface area contributed by atoms with Gasteiger partial charge < -0.3 is 9.15 Å². The monoisotopic (exact) mass is 388 g/mol. The van der Waals surface area contributed by atoms with Crippen molar-refractivity contribution >= 4 is 42.6 Å². The van der Waals surface area contributed by atoms with E-state index in [1.807, 2.05) is 41.7 Å². The molecule has 0 fully saturated rings. The van der Waals surface area contributed by atoms with E-state index in [-0.39, 0.29) is 0 Å². The van der Waals surface area contributed by atoms with Crippen molar-refractivity contribution < 1.29 is 13.7 Å². The number of aryl methyl sites for hydroxylation is 2. The Kier molecular flexibility index (Phi) is 4.49. The van der Waals surface area contributed by atoms with E-state index >= 15 is 0 Å². The average molecular weight is 389 g/mol. The lowest BCUT2D eigenvalue weighted by atomic mass is 10.1. The number of hydrogen-bond acceptors (Lipinski definition) is 3. The largest absolute Gasteiger partial charge is 0.493 e. The highest BCUT2D eigenvalue weighted by Gasteiger charge is 2.22. The van der Waals surface area contributed by atoms with E-state index < -0.39 is 0 Å². The van der Waals surface area contributed by atoms with Crippen LogP contribution in [0.25, 0.3) is 31.3 Å². The van der Waals surface area contributed by atoms with Crippen molar-refractivity contribution in [1.29, 1.82) is 0 Å². The Morgan fingerprint density at radius 1 is 0.929 bits per heavy atom. The van der Waals surface area contributed by atoms with Crippen molar-refractivity contribution in [2.45, 2.75) is 26.3 Å². The van der Waals surface area contributed by atoms with Crippen LogP contribution < -0.4 is 9.30 Å². The van der Waals surface area contributed by atoms with E-state index in [2.05, 4.69) is 47.9 Å². The lowest BCUT2D eigenvalue weighted by Gasteiger charge is -2.04. The fraction of sp³-hybridized carbons (Fsp3) is 0.208. The third-order valence-electron chi connectivity index (χ3n) is 5.12. The molecule has 0 amide bonds. The molecule has 0 aliphatic carbocycles. The van der Waals surface area contributed by atoms with Crippen LogP contribution in [0, 0.1) is 0 Å². The van der Waals surface area contributed by atoms with E-state index in [1.165, 1.54) is 25.7 Å². The van der Waals surface area contributed by atoms with Gasteiger partial charge in [0.25, 0.3) is 5.52 Å². The molecule has 0 saturated carbocycles. The predicted molar refractivity (Wildman–Crippen MR) is 115 cm³/mol. The molecule has 28 heavy (non-hydrogen) atoms. The molecule has 2 aromatic heterocycles. The second-order valence-electron chi connectivity index (χ2n) is 6.93. The van der Waals surface area contributed by atoms with Crippen LogP contribution in [0.2, 0.25) is 0 Å². The van der Waals surface area contributed by atoms with Crippen molar-refractivity contribution in [3.05, 3.63) is 72.6 Å². The number of nitrogens with zero attached hydrogens (tertiary/aromatic N) is 1. The smallest absolute Gasteiger partial charge is 0.347 e. The molecule has 5 aromatic rings. The van der Waals surface area contributed by atoms with Crippen LogP contribution in [-0.4, -0.2) is 6.61 Å². The third-order valence-corrected chi connectivity index (χ3v) is 6.25. The van der Waals surface area contributed by atoms with Crippen molar-refractivity contribution in [3.63, 3.8) is 0 Å². The van der Waals surface area contributed by atoms with Crippen LogP contribution in [0.1, 0.15) is 19.2 Å². The molecule has 5 rings (SSSR count). The number of rotatable bonds is 6. The van der Waals surface area contributed by atoms with Gasteiger partial charge in [0, 0.05) is 38.7 Å². The first-order chi connectivity index (χ1) is 13.8. The molecule has 0 aliphatic rings. The Hall–Kier alpha value is -2.85. The second kappa shape index (κ2) is 7.28. The molecular weight excluding hydrogens is 366 g/mol.